The summed E-state index contributed by atoms with van der Waals surface area (Å²) in [6.07, 6.45) is 1.42. The zero-order valence-corrected chi connectivity index (χ0v) is 10.5. The van der Waals surface area contributed by atoms with Crippen molar-refractivity contribution >= 4 is 0 Å². The molecule has 0 aromatic heterocycles. The molecule has 0 fully saturated rings. The fourth-order valence-electron chi connectivity index (χ4n) is 1.92. The molecule has 0 spiro atoms. The van der Waals surface area contributed by atoms with Crippen molar-refractivity contribution in [1.82, 2.24) is 0 Å². The third kappa shape index (κ3) is 2.72. The molecule has 3 heteroatoms. The van der Waals surface area contributed by atoms with Gasteiger partial charge in [-0.15, -0.1) is 0 Å². The molecule has 0 amide bonds. The minimum absolute atomic E-state index is 0.250. The van der Waals surface area contributed by atoms with Crippen molar-refractivity contribution in [2.24, 2.45) is 5.92 Å². The molecule has 0 saturated carbocycles. The van der Waals surface area contributed by atoms with Gasteiger partial charge in [-0.2, -0.15) is 0 Å². The first-order valence-electron chi connectivity index (χ1n) is 6.30. The Morgan fingerprint density at radius 1 is 1.24 bits per heavy atom. The van der Waals surface area contributed by atoms with Crippen LogP contribution in [0, 0.1) is 5.92 Å². The van der Waals surface area contributed by atoms with Gasteiger partial charge in [0, 0.05) is 6.42 Å². The minimum atomic E-state index is -0.433. The number of fused-ring (bicyclic) bond motifs is 1. The van der Waals surface area contributed by atoms with Gasteiger partial charge in [-0.25, -0.2) is 0 Å². The summed E-state index contributed by atoms with van der Waals surface area (Å²) >= 11 is 0. The van der Waals surface area contributed by atoms with Gasteiger partial charge in [-0.3, -0.25) is 0 Å². The van der Waals surface area contributed by atoms with Gasteiger partial charge in [0.05, 0.1) is 19.3 Å². The first kappa shape index (κ1) is 12.2. The number of benzene rings is 1. The van der Waals surface area contributed by atoms with Crippen molar-refractivity contribution < 1.29 is 14.6 Å². The van der Waals surface area contributed by atoms with E-state index in [0.29, 0.717) is 13.2 Å². The van der Waals surface area contributed by atoms with E-state index in [2.05, 4.69) is 6.92 Å². The van der Waals surface area contributed by atoms with E-state index in [-0.39, 0.29) is 5.92 Å². The maximum absolute atomic E-state index is 10.2. The molecule has 2 unspecified atom stereocenters. The third-order valence-electron chi connectivity index (χ3n) is 3.30. The Morgan fingerprint density at radius 2 is 1.94 bits per heavy atom. The fourth-order valence-corrected chi connectivity index (χ4v) is 1.92. The summed E-state index contributed by atoms with van der Waals surface area (Å²) in [7, 11) is 0. The van der Waals surface area contributed by atoms with E-state index in [1.807, 2.05) is 25.1 Å². The number of hydrogen-bond acceptors (Lipinski definition) is 3. The lowest BCUT2D eigenvalue weighted by molar-refractivity contribution is 0.115. The van der Waals surface area contributed by atoms with Crippen LogP contribution in [0.15, 0.2) is 18.2 Å². The first-order chi connectivity index (χ1) is 8.22. The smallest absolute Gasteiger partial charge is 0.161 e. The Balaban J connectivity index is 2.23. The SMILES string of the molecule is CCC(C)C(O)c1ccc2c(c1)OCCCO2. The predicted molar refractivity (Wildman–Crippen MR) is 66.5 cm³/mol. The number of hydrogen-bond donors (Lipinski definition) is 1. The fraction of sp³-hybridized carbons (Fsp3) is 0.571. The van der Waals surface area contributed by atoms with E-state index in [9.17, 15) is 5.11 Å². The molecule has 0 saturated heterocycles. The zero-order valence-electron chi connectivity index (χ0n) is 10.5. The van der Waals surface area contributed by atoms with E-state index < -0.39 is 6.10 Å². The Bertz CT molecular complexity index is 376. The van der Waals surface area contributed by atoms with Crippen LogP contribution in [0.5, 0.6) is 11.5 Å². The second kappa shape index (κ2) is 5.41. The van der Waals surface area contributed by atoms with E-state index in [0.717, 1.165) is 29.9 Å². The van der Waals surface area contributed by atoms with Crippen molar-refractivity contribution in [3.05, 3.63) is 23.8 Å². The average Bonchev–Trinajstić information content (AvgIpc) is 2.61. The summed E-state index contributed by atoms with van der Waals surface area (Å²) in [5.74, 6) is 1.78. The van der Waals surface area contributed by atoms with Crippen LogP contribution in [-0.2, 0) is 0 Å². The standard InChI is InChI=1S/C14H20O3/c1-3-10(2)14(15)11-5-6-12-13(9-11)17-8-4-7-16-12/h5-6,9-10,14-15H,3-4,7-8H2,1-2H3. The lowest BCUT2D eigenvalue weighted by Crippen LogP contribution is -2.08. The van der Waals surface area contributed by atoms with Gasteiger partial charge in [0.2, 0.25) is 0 Å². The zero-order chi connectivity index (χ0) is 12.3. The Labute approximate surface area is 102 Å². The second-order valence-electron chi connectivity index (χ2n) is 4.59. The van der Waals surface area contributed by atoms with Crippen molar-refractivity contribution in [3.8, 4) is 11.5 Å². The van der Waals surface area contributed by atoms with Gasteiger partial charge in [0.1, 0.15) is 0 Å². The van der Waals surface area contributed by atoms with Crippen molar-refractivity contribution in [3.63, 3.8) is 0 Å². The van der Waals surface area contributed by atoms with Gasteiger partial charge in [-0.05, 0) is 23.6 Å². The number of rotatable bonds is 3. The predicted octanol–water partition coefficient (Wildman–Crippen LogP) is 2.93. The monoisotopic (exact) mass is 236 g/mol. The van der Waals surface area contributed by atoms with E-state index in [1.54, 1.807) is 0 Å². The van der Waals surface area contributed by atoms with E-state index >= 15 is 0 Å². The maximum atomic E-state index is 10.2. The minimum Gasteiger partial charge on any atom is -0.490 e. The van der Waals surface area contributed by atoms with Gasteiger partial charge in [-0.1, -0.05) is 26.3 Å². The van der Waals surface area contributed by atoms with Gasteiger partial charge >= 0.3 is 0 Å². The Hall–Kier alpha value is -1.22. The topological polar surface area (TPSA) is 38.7 Å². The molecular formula is C14H20O3. The molecule has 2 atom stereocenters. The lowest BCUT2D eigenvalue weighted by atomic mass is 9.95. The summed E-state index contributed by atoms with van der Waals surface area (Å²) < 4.78 is 11.2. The molecule has 1 aromatic carbocycles. The normalized spacial score (nSPS) is 18.3. The first-order valence-corrected chi connectivity index (χ1v) is 6.30. The van der Waals surface area contributed by atoms with Gasteiger partial charge in [0.25, 0.3) is 0 Å². The molecule has 0 bridgehead atoms. The van der Waals surface area contributed by atoms with Crippen LogP contribution >= 0.6 is 0 Å². The van der Waals surface area contributed by atoms with Gasteiger partial charge in [0.15, 0.2) is 11.5 Å². The average molecular weight is 236 g/mol. The van der Waals surface area contributed by atoms with Crippen LogP contribution in [-0.4, -0.2) is 18.3 Å². The van der Waals surface area contributed by atoms with Crippen molar-refractivity contribution in [2.75, 3.05) is 13.2 Å². The van der Waals surface area contributed by atoms with Crippen LogP contribution in [0.4, 0.5) is 0 Å². The Morgan fingerprint density at radius 3 is 2.65 bits per heavy atom. The number of aliphatic hydroxyl groups is 1. The highest BCUT2D eigenvalue weighted by atomic mass is 16.5. The van der Waals surface area contributed by atoms with Crippen LogP contribution < -0.4 is 9.47 Å². The molecule has 94 valence electrons. The summed E-state index contributed by atoms with van der Waals surface area (Å²) in [5.41, 5.74) is 0.906. The lowest BCUT2D eigenvalue weighted by Gasteiger charge is -2.18. The molecule has 3 nitrogen and oxygen atoms in total. The Kier molecular flexibility index (Phi) is 3.89. The molecule has 1 aromatic rings. The van der Waals surface area contributed by atoms with E-state index in [1.165, 1.54) is 0 Å². The maximum Gasteiger partial charge on any atom is 0.161 e. The van der Waals surface area contributed by atoms with Gasteiger partial charge < -0.3 is 14.6 Å². The number of aliphatic hydroxyl groups excluding tert-OH is 1. The summed E-state index contributed by atoms with van der Waals surface area (Å²) in [6, 6.07) is 5.71. The molecule has 0 radical (unpaired) electrons. The number of ether oxygens (including phenoxy) is 2. The summed E-state index contributed by atoms with van der Waals surface area (Å²) in [4.78, 5) is 0. The summed E-state index contributed by atoms with van der Waals surface area (Å²) in [5, 5.41) is 10.2. The van der Waals surface area contributed by atoms with Crippen LogP contribution in [0.1, 0.15) is 38.4 Å². The molecule has 1 N–H and O–H groups in total. The largest absolute Gasteiger partial charge is 0.490 e. The highest BCUT2D eigenvalue weighted by Crippen LogP contribution is 2.34. The second-order valence-corrected chi connectivity index (χ2v) is 4.59. The van der Waals surface area contributed by atoms with Crippen LogP contribution in [0.3, 0.4) is 0 Å². The van der Waals surface area contributed by atoms with Crippen LogP contribution in [0.25, 0.3) is 0 Å². The quantitative estimate of drug-likeness (QED) is 0.877. The molecular weight excluding hydrogens is 216 g/mol. The van der Waals surface area contributed by atoms with Crippen LogP contribution in [0.2, 0.25) is 0 Å². The summed E-state index contributed by atoms with van der Waals surface area (Å²) in [6.45, 7) is 5.50. The molecule has 1 aliphatic heterocycles. The van der Waals surface area contributed by atoms with E-state index in [4.69, 9.17) is 9.47 Å². The van der Waals surface area contributed by atoms with Crippen molar-refractivity contribution in [2.45, 2.75) is 32.8 Å². The highest BCUT2D eigenvalue weighted by molar-refractivity contribution is 5.44. The molecule has 2 rings (SSSR count). The van der Waals surface area contributed by atoms with Crippen molar-refractivity contribution in [1.29, 1.82) is 0 Å². The third-order valence-corrected chi connectivity index (χ3v) is 3.30. The molecule has 0 aliphatic carbocycles. The molecule has 1 heterocycles. The molecule has 1 aliphatic rings. The molecule has 17 heavy (non-hydrogen) atoms. The highest BCUT2D eigenvalue weighted by Gasteiger charge is 2.18.